The fourth-order valence-corrected chi connectivity index (χ4v) is 3.67. The molecule has 7 nitrogen and oxygen atoms in total. The molecule has 28 heavy (non-hydrogen) atoms. The van der Waals surface area contributed by atoms with Crippen molar-refractivity contribution in [3.63, 3.8) is 0 Å². The van der Waals surface area contributed by atoms with Crippen LogP contribution in [-0.2, 0) is 10.0 Å². The number of rotatable bonds is 6. The molecular weight excluding hydrogens is 405 g/mol. The number of hydrogen-bond donors (Lipinski definition) is 2. The van der Waals surface area contributed by atoms with Crippen LogP contribution in [-0.4, -0.2) is 32.7 Å². The van der Waals surface area contributed by atoms with Gasteiger partial charge >= 0.3 is 0 Å². The van der Waals surface area contributed by atoms with E-state index in [0.717, 1.165) is 6.26 Å². The van der Waals surface area contributed by atoms with Crippen molar-refractivity contribution < 1.29 is 22.3 Å². The van der Waals surface area contributed by atoms with Gasteiger partial charge in [0.05, 0.1) is 19.1 Å². The molecule has 0 aliphatic rings. The topological polar surface area (TPSA) is 97.4 Å². The first kappa shape index (κ1) is 19.8. The number of carbonyl (C=O) groups is 1. The van der Waals surface area contributed by atoms with Crippen LogP contribution in [0.1, 0.15) is 10.4 Å². The molecule has 2 aromatic carbocycles. The summed E-state index contributed by atoms with van der Waals surface area (Å²) in [7, 11) is -2.06. The van der Waals surface area contributed by atoms with Crippen LogP contribution < -0.4 is 14.8 Å². The number of aromatic nitrogens is 1. The van der Waals surface area contributed by atoms with E-state index in [1.807, 2.05) is 0 Å². The van der Waals surface area contributed by atoms with Crippen molar-refractivity contribution in [1.29, 1.82) is 0 Å². The predicted octanol–water partition coefficient (Wildman–Crippen LogP) is 3.58. The second-order valence-corrected chi connectivity index (χ2v) is 8.40. The van der Waals surface area contributed by atoms with E-state index in [1.165, 1.54) is 42.7 Å². The second kappa shape index (κ2) is 7.95. The third-order valence-corrected chi connectivity index (χ3v) is 4.96. The van der Waals surface area contributed by atoms with Crippen LogP contribution in [0.5, 0.6) is 5.75 Å². The fraction of sp³-hybridized carbons (Fsp3) is 0.111. The summed E-state index contributed by atoms with van der Waals surface area (Å²) in [6.45, 7) is 0. The van der Waals surface area contributed by atoms with E-state index in [2.05, 4.69) is 15.0 Å². The van der Waals surface area contributed by atoms with Gasteiger partial charge in [0.25, 0.3) is 5.91 Å². The third-order valence-electron chi connectivity index (χ3n) is 3.60. The maximum absolute atomic E-state index is 13.9. The fourth-order valence-electron chi connectivity index (χ4n) is 2.40. The van der Waals surface area contributed by atoms with E-state index in [9.17, 15) is 17.6 Å². The highest BCUT2D eigenvalue weighted by Crippen LogP contribution is 2.28. The SMILES string of the molecule is COc1ccc(-c2csc(NC(=O)c3cccc(NS(C)(=O)=O)c3)n2)cc1F. The highest BCUT2D eigenvalue weighted by molar-refractivity contribution is 7.92. The van der Waals surface area contributed by atoms with Crippen molar-refractivity contribution in [1.82, 2.24) is 4.98 Å². The first-order valence-corrected chi connectivity index (χ1v) is 10.7. The van der Waals surface area contributed by atoms with E-state index < -0.39 is 21.7 Å². The van der Waals surface area contributed by atoms with Gasteiger partial charge in [0.2, 0.25) is 10.0 Å². The lowest BCUT2D eigenvalue weighted by molar-refractivity contribution is 0.102. The number of sulfonamides is 1. The van der Waals surface area contributed by atoms with Gasteiger partial charge in [-0.3, -0.25) is 14.8 Å². The van der Waals surface area contributed by atoms with Crippen LogP contribution in [0.4, 0.5) is 15.2 Å². The summed E-state index contributed by atoms with van der Waals surface area (Å²) in [6.07, 6.45) is 1.03. The van der Waals surface area contributed by atoms with Crippen molar-refractivity contribution in [2.24, 2.45) is 0 Å². The minimum atomic E-state index is -3.45. The van der Waals surface area contributed by atoms with Crippen molar-refractivity contribution in [2.75, 3.05) is 23.4 Å². The second-order valence-electron chi connectivity index (χ2n) is 5.80. The number of benzene rings is 2. The monoisotopic (exact) mass is 421 g/mol. The van der Waals surface area contributed by atoms with E-state index in [4.69, 9.17) is 4.74 Å². The summed E-state index contributed by atoms with van der Waals surface area (Å²) in [5.74, 6) is -0.817. The molecule has 0 aliphatic heterocycles. The van der Waals surface area contributed by atoms with Gasteiger partial charge < -0.3 is 4.74 Å². The van der Waals surface area contributed by atoms with Gasteiger partial charge in [0, 0.05) is 22.2 Å². The Morgan fingerprint density at radius 1 is 1.21 bits per heavy atom. The smallest absolute Gasteiger partial charge is 0.257 e. The molecule has 0 radical (unpaired) electrons. The molecule has 146 valence electrons. The zero-order valence-electron chi connectivity index (χ0n) is 14.9. The number of nitrogens with one attached hydrogen (secondary N) is 2. The quantitative estimate of drug-likeness (QED) is 0.634. The Hall–Kier alpha value is -2.98. The number of carbonyl (C=O) groups excluding carboxylic acids is 1. The maximum Gasteiger partial charge on any atom is 0.257 e. The van der Waals surface area contributed by atoms with E-state index in [1.54, 1.807) is 23.6 Å². The number of methoxy groups -OCH3 is 1. The Kier molecular flexibility index (Phi) is 5.61. The summed E-state index contributed by atoms with van der Waals surface area (Å²) < 4.78 is 43.7. The minimum absolute atomic E-state index is 0.134. The Bertz CT molecular complexity index is 1130. The van der Waals surface area contributed by atoms with Gasteiger partial charge in [0.15, 0.2) is 16.7 Å². The minimum Gasteiger partial charge on any atom is -0.494 e. The van der Waals surface area contributed by atoms with Gasteiger partial charge in [-0.15, -0.1) is 11.3 Å². The largest absolute Gasteiger partial charge is 0.494 e. The molecule has 1 heterocycles. The molecule has 2 N–H and O–H groups in total. The van der Waals surface area contributed by atoms with E-state index in [-0.39, 0.29) is 17.0 Å². The molecule has 1 aromatic heterocycles. The van der Waals surface area contributed by atoms with Crippen LogP contribution in [0.25, 0.3) is 11.3 Å². The number of anilines is 2. The van der Waals surface area contributed by atoms with E-state index >= 15 is 0 Å². The lowest BCUT2D eigenvalue weighted by atomic mass is 10.1. The number of amides is 1. The van der Waals surface area contributed by atoms with Gasteiger partial charge in [-0.25, -0.2) is 17.8 Å². The van der Waals surface area contributed by atoms with Crippen LogP contribution in [0.3, 0.4) is 0 Å². The van der Waals surface area contributed by atoms with Crippen molar-refractivity contribution in [3.05, 3.63) is 59.2 Å². The zero-order chi connectivity index (χ0) is 20.3. The predicted molar refractivity (Wildman–Crippen MR) is 107 cm³/mol. The molecule has 0 aliphatic carbocycles. The lowest BCUT2D eigenvalue weighted by Crippen LogP contribution is -2.13. The Morgan fingerprint density at radius 3 is 2.68 bits per heavy atom. The van der Waals surface area contributed by atoms with Crippen LogP contribution in [0.2, 0.25) is 0 Å². The van der Waals surface area contributed by atoms with Crippen LogP contribution in [0.15, 0.2) is 47.8 Å². The van der Waals surface area contributed by atoms with Gasteiger partial charge in [-0.05, 0) is 36.4 Å². The average Bonchev–Trinajstić information content (AvgIpc) is 3.09. The highest BCUT2D eigenvalue weighted by Gasteiger charge is 2.13. The maximum atomic E-state index is 13.9. The average molecular weight is 421 g/mol. The molecule has 3 rings (SSSR count). The zero-order valence-corrected chi connectivity index (χ0v) is 16.5. The van der Waals surface area contributed by atoms with Gasteiger partial charge in [-0.1, -0.05) is 6.07 Å². The van der Waals surface area contributed by atoms with Gasteiger partial charge in [-0.2, -0.15) is 0 Å². The first-order valence-electron chi connectivity index (χ1n) is 7.94. The molecule has 0 saturated heterocycles. The first-order chi connectivity index (χ1) is 13.2. The van der Waals surface area contributed by atoms with Crippen molar-refractivity contribution in [2.45, 2.75) is 0 Å². The molecular formula is C18H16FN3O4S2. The summed E-state index contributed by atoms with van der Waals surface area (Å²) in [6, 6.07) is 10.6. The molecule has 0 fully saturated rings. The summed E-state index contributed by atoms with van der Waals surface area (Å²) in [4.78, 5) is 16.7. The summed E-state index contributed by atoms with van der Waals surface area (Å²) in [5, 5.41) is 4.67. The number of ether oxygens (including phenoxy) is 1. The van der Waals surface area contributed by atoms with Crippen LogP contribution in [0, 0.1) is 5.82 Å². The summed E-state index contributed by atoms with van der Waals surface area (Å²) >= 11 is 1.19. The standard InChI is InChI=1S/C18H16FN3O4S2/c1-26-16-7-6-11(9-14(16)19)15-10-27-18(20-15)21-17(23)12-4-3-5-13(8-12)22-28(2,24)25/h3-10,22H,1-2H3,(H,20,21,23). The molecule has 3 aromatic rings. The van der Waals surface area contributed by atoms with Crippen molar-refractivity contribution in [3.8, 4) is 17.0 Å². The normalized spacial score (nSPS) is 11.1. The molecule has 1 amide bonds. The molecule has 0 bridgehead atoms. The van der Waals surface area contributed by atoms with Crippen LogP contribution >= 0.6 is 11.3 Å². The summed E-state index contributed by atoms with van der Waals surface area (Å²) in [5.41, 5.74) is 1.60. The van der Waals surface area contributed by atoms with Crippen molar-refractivity contribution >= 4 is 38.1 Å². The Labute approximate surface area is 165 Å². The number of nitrogens with zero attached hydrogens (tertiary/aromatic N) is 1. The molecule has 0 atom stereocenters. The molecule has 0 spiro atoms. The number of thiazole rings is 1. The highest BCUT2D eigenvalue weighted by atomic mass is 32.2. The Morgan fingerprint density at radius 2 is 2.00 bits per heavy atom. The van der Waals surface area contributed by atoms with E-state index in [0.29, 0.717) is 16.4 Å². The number of hydrogen-bond acceptors (Lipinski definition) is 6. The Balaban J connectivity index is 1.75. The molecule has 10 heteroatoms. The third kappa shape index (κ3) is 4.84. The lowest BCUT2D eigenvalue weighted by Gasteiger charge is -2.06. The molecule has 0 saturated carbocycles. The number of halogens is 1. The molecule has 0 unspecified atom stereocenters. The van der Waals surface area contributed by atoms with Gasteiger partial charge in [0.1, 0.15) is 0 Å².